The normalized spacial score (nSPS) is 11.5. The fraction of sp³-hybridized carbons (Fsp3) is 0.308. The molecule has 4 nitrogen and oxygen atoms in total. The lowest BCUT2D eigenvalue weighted by Crippen LogP contribution is -2.27. The molecule has 0 atom stereocenters. The minimum atomic E-state index is -0.518. The number of para-hydroxylation sites is 1. The third kappa shape index (κ3) is 3.00. The van der Waals surface area contributed by atoms with Crippen LogP contribution in [0.25, 0.3) is 11.0 Å². The predicted molar refractivity (Wildman–Crippen MR) is 66.1 cm³/mol. The molecule has 0 aliphatic heterocycles. The first-order valence-corrected chi connectivity index (χ1v) is 5.43. The van der Waals surface area contributed by atoms with Crippen molar-refractivity contribution >= 4 is 22.9 Å². The molecular formula is C13H15NO3. The van der Waals surface area contributed by atoms with E-state index < -0.39 is 11.7 Å². The first-order valence-electron chi connectivity index (χ1n) is 5.43. The molecule has 0 spiro atoms. The van der Waals surface area contributed by atoms with E-state index in [1.807, 2.05) is 45.0 Å². The maximum absolute atomic E-state index is 11.5. The minimum absolute atomic E-state index is 0.389. The van der Waals surface area contributed by atoms with Crippen molar-refractivity contribution in [1.82, 2.24) is 0 Å². The second-order valence-corrected chi connectivity index (χ2v) is 4.78. The van der Waals surface area contributed by atoms with Crippen molar-refractivity contribution in [1.29, 1.82) is 0 Å². The monoisotopic (exact) mass is 233 g/mol. The van der Waals surface area contributed by atoms with Gasteiger partial charge in [0.05, 0.1) is 0 Å². The molecule has 0 fully saturated rings. The van der Waals surface area contributed by atoms with E-state index in [0.29, 0.717) is 5.88 Å². The lowest BCUT2D eigenvalue weighted by molar-refractivity contribution is 0.0633. The number of furan rings is 1. The zero-order valence-corrected chi connectivity index (χ0v) is 10.1. The Balaban J connectivity index is 2.11. The Labute approximate surface area is 99.6 Å². The SMILES string of the molecule is CC(C)(C)OC(=O)Nc1cc2ccccc2o1. The van der Waals surface area contributed by atoms with E-state index in [9.17, 15) is 4.79 Å². The zero-order chi connectivity index (χ0) is 12.5. The Morgan fingerprint density at radius 1 is 1.29 bits per heavy atom. The Bertz CT molecular complexity index is 504. The van der Waals surface area contributed by atoms with Gasteiger partial charge in [0.25, 0.3) is 0 Å². The van der Waals surface area contributed by atoms with Gasteiger partial charge >= 0.3 is 6.09 Å². The quantitative estimate of drug-likeness (QED) is 0.815. The molecule has 0 saturated carbocycles. The molecule has 1 heterocycles. The van der Waals surface area contributed by atoms with Gasteiger partial charge in [-0.1, -0.05) is 18.2 Å². The highest BCUT2D eigenvalue weighted by Crippen LogP contribution is 2.23. The smallest absolute Gasteiger partial charge is 0.414 e. The number of carbonyl (C=O) groups is 1. The summed E-state index contributed by atoms with van der Waals surface area (Å²) in [6.45, 7) is 5.43. The number of benzene rings is 1. The van der Waals surface area contributed by atoms with Crippen LogP contribution in [0.3, 0.4) is 0 Å². The van der Waals surface area contributed by atoms with Gasteiger partial charge in [-0.25, -0.2) is 4.79 Å². The highest BCUT2D eigenvalue weighted by atomic mass is 16.6. The fourth-order valence-electron chi connectivity index (χ4n) is 1.45. The predicted octanol–water partition coefficient (Wildman–Crippen LogP) is 3.78. The number of rotatable bonds is 1. The number of carbonyl (C=O) groups excluding carboxylic acids is 1. The van der Waals surface area contributed by atoms with Gasteiger partial charge in [-0.05, 0) is 26.8 Å². The van der Waals surface area contributed by atoms with Crippen molar-refractivity contribution < 1.29 is 13.9 Å². The number of hydrogen-bond donors (Lipinski definition) is 1. The van der Waals surface area contributed by atoms with Gasteiger partial charge in [0.15, 0.2) is 0 Å². The van der Waals surface area contributed by atoms with Crippen molar-refractivity contribution in [3.63, 3.8) is 0 Å². The molecule has 2 aromatic rings. The first kappa shape index (κ1) is 11.5. The van der Waals surface area contributed by atoms with Crippen LogP contribution in [0.15, 0.2) is 34.7 Å². The number of amides is 1. The molecule has 0 unspecified atom stereocenters. The van der Waals surface area contributed by atoms with Crippen LogP contribution in [0.2, 0.25) is 0 Å². The van der Waals surface area contributed by atoms with Gasteiger partial charge in [-0.3, -0.25) is 5.32 Å². The summed E-state index contributed by atoms with van der Waals surface area (Å²) in [4.78, 5) is 11.5. The topological polar surface area (TPSA) is 51.5 Å². The molecule has 0 bridgehead atoms. The Hall–Kier alpha value is -1.97. The summed E-state index contributed by atoms with van der Waals surface area (Å²) in [5, 5.41) is 3.50. The van der Waals surface area contributed by atoms with Gasteiger partial charge < -0.3 is 9.15 Å². The minimum Gasteiger partial charge on any atom is -0.444 e. The Kier molecular flexibility index (Phi) is 2.79. The van der Waals surface area contributed by atoms with E-state index in [1.54, 1.807) is 6.07 Å². The summed E-state index contributed by atoms with van der Waals surface area (Å²) in [5.41, 5.74) is 0.217. The molecule has 1 N–H and O–H groups in total. The molecule has 4 heteroatoms. The summed E-state index contributed by atoms with van der Waals surface area (Å²) >= 11 is 0. The van der Waals surface area contributed by atoms with Crippen LogP contribution < -0.4 is 5.32 Å². The molecule has 17 heavy (non-hydrogen) atoms. The highest BCUT2D eigenvalue weighted by molar-refractivity contribution is 5.88. The van der Waals surface area contributed by atoms with Crippen molar-refractivity contribution in [2.75, 3.05) is 5.32 Å². The molecule has 0 radical (unpaired) electrons. The maximum atomic E-state index is 11.5. The number of fused-ring (bicyclic) bond motifs is 1. The van der Waals surface area contributed by atoms with E-state index in [1.165, 1.54) is 0 Å². The summed E-state index contributed by atoms with van der Waals surface area (Å²) in [7, 11) is 0. The lowest BCUT2D eigenvalue weighted by atomic mass is 10.2. The summed E-state index contributed by atoms with van der Waals surface area (Å²) < 4.78 is 10.6. The molecule has 90 valence electrons. The maximum Gasteiger partial charge on any atom is 0.414 e. The summed E-state index contributed by atoms with van der Waals surface area (Å²) in [5.74, 6) is 0.389. The van der Waals surface area contributed by atoms with E-state index in [0.717, 1.165) is 11.0 Å². The van der Waals surface area contributed by atoms with Crippen molar-refractivity contribution in [3.8, 4) is 0 Å². The zero-order valence-electron chi connectivity index (χ0n) is 10.1. The van der Waals surface area contributed by atoms with Crippen LogP contribution in [0.5, 0.6) is 0 Å². The van der Waals surface area contributed by atoms with Gasteiger partial charge in [0.2, 0.25) is 5.88 Å². The van der Waals surface area contributed by atoms with Crippen LogP contribution in [0.4, 0.5) is 10.7 Å². The van der Waals surface area contributed by atoms with Crippen LogP contribution in [0.1, 0.15) is 20.8 Å². The third-order valence-corrected chi connectivity index (χ3v) is 2.05. The van der Waals surface area contributed by atoms with E-state index in [-0.39, 0.29) is 0 Å². The van der Waals surface area contributed by atoms with Crippen molar-refractivity contribution in [3.05, 3.63) is 30.3 Å². The third-order valence-electron chi connectivity index (χ3n) is 2.05. The average molecular weight is 233 g/mol. The van der Waals surface area contributed by atoms with E-state index in [2.05, 4.69) is 5.32 Å². The lowest BCUT2D eigenvalue weighted by Gasteiger charge is -2.18. The molecular weight excluding hydrogens is 218 g/mol. The Morgan fingerprint density at radius 3 is 2.65 bits per heavy atom. The van der Waals surface area contributed by atoms with Gasteiger partial charge in [0.1, 0.15) is 11.2 Å². The molecule has 1 aromatic heterocycles. The number of ether oxygens (including phenoxy) is 1. The highest BCUT2D eigenvalue weighted by Gasteiger charge is 2.17. The van der Waals surface area contributed by atoms with Gasteiger partial charge in [-0.15, -0.1) is 0 Å². The molecule has 0 aliphatic carbocycles. The standard InChI is InChI=1S/C13H15NO3/c1-13(2,3)17-12(15)14-11-8-9-6-4-5-7-10(9)16-11/h4-8H,1-3H3,(H,14,15). The van der Waals surface area contributed by atoms with Crippen molar-refractivity contribution in [2.45, 2.75) is 26.4 Å². The van der Waals surface area contributed by atoms with E-state index in [4.69, 9.17) is 9.15 Å². The van der Waals surface area contributed by atoms with Crippen LogP contribution in [-0.4, -0.2) is 11.7 Å². The first-order chi connectivity index (χ1) is 7.94. The van der Waals surface area contributed by atoms with Crippen molar-refractivity contribution in [2.24, 2.45) is 0 Å². The van der Waals surface area contributed by atoms with Crippen LogP contribution in [-0.2, 0) is 4.74 Å². The van der Waals surface area contributed by atoms with Crippen LogP contribution in [0, 0.1) is 0 Å². The molecule has 2 rings (SSSR count). The second kappa shape index (κ2) is 4.13. The fourth-order valence-corrected chi connectivity index (χ4v) is 1.45. The van der Waals surface area contributed by atoms with Crippen LogP contribution >= 0.6 is 0 Å². The van der Waals surface area contributed by atoms with Gasteiger partial charge in [-0.2, -0.15) is 0 Å². The van der Waals surface area contributed by atoms with Gasteiger partial charge in [0, 0.05) is 11.5 Å². The number of hydrogen-bond acceptors (Lipinski definition) is 3. The summed E-state index contributed by atoms with van der Waals surface area (Å²) in [6.07, 6.45) is -0.517. The average Bonchev–Trinajstić information content (AvgIpc) is 2.55. The molecule has 1 amide bonds. The molecule has 1 aromatic carbocycles. The number of anilines is 1. The Morgan fingerprint density at radius 2 is 2.00 bits per heavy atom. The van der Waals surface area contributed by atoms with E-state index >= 15 is 0 Å². The summed E-state index contributed by atoms with van der Waals surface area (Å²) in [6, 6.07) is 9.31. The molecule has 0 saturated heterocycles. The number of nitrogens with one attached hydrogen (secondary N) is 1. The largest absolute Gasteiger partial charge is 0.444 e. The second-order valence-electron chi connectivity index (χ2n) is 4.78. The molecule has 0 aliphatic rings.